The summed E-state index contributed by atoms with van der Waals surface area (Å²) in [4.78, 5) is 0. The lowest BCUT2D eigenvalue weighted by atomic mass is 10.2. The second kappa shape index (κ2) is 3.49. The molecule has 0 aromatic heterocycles. The van der Waals surface area contributed by atoms with Gasteiger partial charge in [0.05, 0.1) is 12.2 Å². The van der Waals surface area contributed by atoms with Crippen LogP contribution in [0.5, 0.6) is 0 Å². The number of terminal acetylenes is 1. The van der Waals surface area contributed by atoms with Crippen LogP contribution in [0.4, 0.5) is 0 Å². The Bertz CT molecular complexity index is 105. The maximum atomic E-state index is 9.05. The predicted molar refractivity (Wildman–Crippen MR) is 35.9 cm³/mol. The largest absolute Gasteiger partial charge is 0.388 e. The topological polar surface area (TPSA) is 29.5 Å². The molecule has 0 aromatic carbocycles. The molecule has 1 N–H and O–H groups in total. The minimum atomic E-state index is -0.767. The van der Waals surface area contributed by atoms with Crippen LogP contribution in [0.25, 0.3) is 0 Å². The molecule has 0 aliphatic carbocycles. The first-order chi connectivity index (χ1) is 4.06. The standard InChI is InChI=1S/C7H12O2/c1-4-5-9-6-7(2,3)8/h1,8H,5-6H2,2-3H3. The molecule has 0 aliphatic heterocycles. The fourth-order valence-electron chi connectivity index (χ4n) is 0.360. The number of hydrogen-bond donors (Lipinski definition) is 1. The number of hydrogen-bond acceptors (Lipinski definition) is 2. The molecule has 0 aliphatic rings. The Morgan fingerprint density at radius 3 is 2.56 bits per heavy atom. The van der Waals surface area contributed by atoms with Crippen molar-refractivity contribution in [2.45, 2.75) is 19.4 Å². The zero-order valence-electron chi connectivity index (χ0n) is 5.85. The number of aliphatic hydroxyl groups is 1. The second-order valence-corrected chi connectivity index (χ2v) is 2.51. The highest BCUT2D eigenvalue weighted by Gasteiger charge is 2.10. The zero-order valence-corrected chi connectivity index (χ0v) is 5.85. The molecule has 9 heavy (non-hydrogen) atoms. The lowest BCUT2D eigenvalue weighted by Gasteiger charge is -2.15. The molecule has 52 valence electrons. The van der Waals surface area contributed by atoms with Gasteiger partial charge < -0.3 is 9.84 Å². The summed E-state index contributed by atoms with van der Waals surface area (Å²) < 4.78 is 4.86. The van der Waals surface area contributed by atoms with Gasteiger partial charge in [-0.25, -0.2) is 0 Å². The summed E-state index contributed by atoms with van der Waals surface area (Å²) in [7, 11) is 0. The van der Waals surface area contributed by atoms with Crippen LogP contribution in [0, 0.1) is 12.3 Å². The summed E-state index contributed by atoms with van der Waals surface area (Å²) in [5.41, 5.74) is -0.767. The van der Waals surface area contributed by atoms with E-state index in [9.17, 15) is 0 Å². The van der Waals surface area contributed by atoms with E-state index in [1.807, 2.05) is 0 Å². The van der Waals surface area contributed by atoms with Gasteiger partial charge in [0.1, 0.15) is 6.61 Å². The Balaban J connectivity index is 3.20. The minimum absolute atomic E-state index is 0.268. The van der Waals surface area contributed by atoms with Crippen LogP contribution in [0.1, 0.15) is 13.8 Å². The van der Waals surface area contributed by atoms with Crippen molar-refractivity contribution in [2.75, 3.05) is 13.2 Å². The summed E-state index contributed by atoms with van der Waals surface area (Å²) in [6.45, 7) is 3.90. The molecular formula is C7H12O2. The van der Waals surface area contributed by atoms with Gasteiger partial charge in [-0.1, -0.05) is 5.92 Å². The first kappa shape index (κ1) is 8.48. The maximum Gasteiger partial charge on any atom is 0.107 e. The first-order valence-corrected chi connectivity index (χ1v) is 2.80. The Morgan fingerprint density at radius 1 is 1.67 bits per heavy atom. The van der Waals surface area contributed by atoms with E-state index in [-0.39, 0.29) is 13.2 Å². The summed E-state index contributed by atoms with van der Waals surface area (Å²) in [5.74, 6) is 2.31. The van der Waals surface area contributed by atoms with Crippen LogP contribution < -0.4 is 0 Å². The molecule has 2 nitrogen and oxygen atoms in total. The summed E-state index contributed by atoms with van der Waals surface area (Å²) in [6, 6.07) is 0. The molecule has 0 aromatic rings. The van der Waals surface area contributed by atoms with Gasteiger partial charge in [0, 0.05) is 0 Å². The lowest BCUT2D eigenvalue weighted by Crippen LogP contribution is -2.25. The van der Waals surface area contributed by atoms with Gasteiger partial charge in [0.25, 0.3) is 0 Å². The van der Waals surface area contributed by atoms with Gasteiger partial charge in [-0.3, -0.25) is 0 Å². The van der Waals surface area contributed by atoms with Crippen molar-refractivity contribution < 1.29 is 9.84 Å². The highest BCUT2D eigenvalue weighted by atomic mass is 16.5. The molecule has 0 unspecified atom stereocenters. The molecule has 0 spiro atoms. The lowest BCUT2D eigenvalue weighted by molar-refractivity contribution is -0.0110. The fourth-order valence-corrected chi connectivity index (χ4v) is 0.360. The predicted octanol–water partition coefficient (Wildman–Crippen LogP) is 0.407. The van der Waals surface area contributed by atoms with Crippen molar-refractivity contribution in [3.8, 4) is 12.3 Å². The van der Waals surface area contributed by atoms with Crippen molar-refractivity contribution in [3.63, 3.8) is 0 Å². The van der Waals surface area contributed by atoms with E-state index in [2.05, 4.69) is 5.92 Å². The SMILES string of the molecule is C#CCOCC(C)(C)O. The molecule has 0 heterocycles. The van der Waals surface area contributed by atoms with E-state index in [0.29, 0.717) is 0 Å². The third kappa shape index (κ3) is 7.48. The van der Waals surface area contributed by atoms with Gasteiger partial charge in [-0.15, -0.1) is 6.42 Å². The van der Waals surface area contributed by atoms with E-state index in [4.69, 9.17) is 16.3 Å². The van der Waals surface area contributed by atoms with E-state index >= 15 is 0 Å². The molecule has 0 bridgehead atoms. The average Bonchev–Trinajstić information content (AvgIpc) is 1.63. The molecule has 2 heteroatoms. The third-order valence-electron chi connectivity index (χ3n) is 0.641. The summed E-state index contributed by atoms with van der Waals surface area (Å²) in [5, 5.41) is 9.05. The highest BCUT2D eigenvalue weighted by molar-refractivity contribution is 4.83. The van der Waals surface area contributed by atoms with E-state index in [1.54, 1.807) is 13.8 Å². The second-order valence-electron chi connectivity index (χ2n) is 2.51. The van der Waals surface area contributed by atoms with E-state index in [1.165, 1.54) is 0 Å². The van der Waals surface area contributed by atoms with Gasteiger partial charge in [0.15, 0.2) is 0 Å². The normalized spacial score (nSPS) is 10.9. The third-order valence-corrected chi connectivity index (χ3v) is 0.641. The van der Waals surface area contributed by atoms with Crippen molar-refractivity contribution in [1.82, 2.24) is 0 Å². The van der Waals surface area contributed by atoms with Crippen LogP contribution in [0.3, 0.4) is 0 Å². The van der Waals surface area contributed by atoms with E-state index < -0.39 is 5.60 Å². The minimum Gasteiger partial charge on any atom is -0.388 e. The molecule has 0 fully saturated rings. The fraction of sp³-hybridized carbons (Fsp3) is 0.714. The van der Waals surface area contributed by atoms with Gasteiger partial charge in [-0.2, -0.15) is 0 Å². The van der Waals surface area contributed by atoms with E-state index in [0.717, 1.165) is 0 Å². The zero-order chi connectivity index (χ0) is 7.33. The number of rotatable bonds is 3. The Kier molecular flexibility index (Phi) is 3.29. The quantitative estimate of drug-likeness (QED) is 0.440. The van der Waals surface area contributed by atoms with Crippen molar-refractivity contribution >= 4 is 0 Å². The molecular weight excluding hydrogens is 116 g/mol. The number of ether oxygens (including phenoxy) is 1. The molecule has 0 rings (SSSR count). The monoisotopic (exact) mass is 128 g/mol. The molecule has 0 amide bonds. The van der Waals surface area contributed by atoms with Gasteiger partial charge in [-0.05, 0) is 13.8 Å². The smallest absolute Gasteiger partial charge is 0.107 e. The molecule has 0 saturated heterocycles. The van der Waals surface area contributed by atoms with Crippen LogP contribution in [-0.2, 0) is 4.74 Å². The summed E-state index contributed by atoms with van der Waals surface area (Å²) >= 11 is 0. The summed E-state index contributed by atoms with van der Waals surface area (Å²) in [6.07, 6.45) is 4.90. The maximum absolute atomic E-state index is 9.05. The Hall–Kier alpha value is -0.520. The highest BCUT2D eigenvalue weighted by Crippen LogP contribution is 1.99. The molecule has 0 atom stereocenters. The van der Waals surface area contributed by atoms with Crippen molar-refractivity contribution in [2.24, 2.45) is 0 Å². The van der Waals surface area contributed by atoms with Crippen LogP contribution in [0.2, 0.25) is 0 Å². The average molecular weight is 128 g/mol. The Morgan fingerprint density at radius 2 is 2.22 bits per heavy atom. The van der Waals surface area contributed by atoms with Crippen LogP contribution in [-0.4, -0.2) is 23.9 Å². The molecule has 0 radical (unpaired) electrons. The van der Waals surface area contributed by atoms with Crippen LogP contribution in [0.15, 0.2) is 0 Å². The van der Waals surface area contributed by atoms with Crippen molar-refractivity contribution in [1.29, 1.82) is 0 Å². The van der Waals surface area contributed by atoms with Gasteiger partial charge in [0.2, 0.25) is 0 Å². The van der Waals surface area contributed by atoms with Gasteiger partial charge >= 0.3 is 0 Å². The first-order valence-electron chi connectivity index (χ1n) is 2.80. The van der Waals surface area contributed by atoms with Crippen LogP contribution >= 0.6 is 0 Å². The Labute approximate surface area is 55.8 Å². The van der Waals surface area contributed by atoms with Crippen molar-refractivity contribution in [3.05, 3.63) is 0 Å². The molecule has 0 saturated carbocycles.